The summed E-state index contributed by atoms with van der Waals surface area (Å²) in [7, 11) is 0. The molecule has 2 aromatic carbocycles. The number of carbonyl (C=O) groups excluding carboxylic acids is 2. The zero-order valence-corrected chi connectivity index (χ0v) is 12.5. The number of hydrogen-bond donors (Lipinski definition) is 1. The number of aryl methyl sites for hydroxylation is 1. The number of anilines is 1. The maximum atomic E-state index is 12.0. The molecule has 1 N–H and O–H groups in total. The number of ether oxygens (including phenoxy) is 1. The van der Waals surface area contributed by atoms with Crippen molar-refractivity contribution in [2.75, 3.05) is 5.32 Å². The van der Waals surface area contributed by atoms with Gasteiger partial charge in [0.15, 0.2) is 0 Å². The van der Waals surface area contributed by atoms with E-state index >= 15 is 0 Å². The van der Waals surface area contributed by atoms with E-state index < -0.39 is 0 Å². The van der Waals surface area contributed by atoms with Gasteiger partial charge in [-0.25, -0.2) is 0 Å². The van der Waals surface area contributed by atoms with E-state index in [4.69, 9.17) is 16.3 Å². The predicted octanol–water partition coefficient (Wildman–Crippen LogP) is 3.37. The Bertz CT molecular complexity index is 725. The van der Waals surface area contributed by atoms with Crippen molar-refractivity contribution in [1.82, 2.24) is 0 Å². The number of fused-ring (bicyclic) bond motifs is 1. The van der Waals surface area contributed by atoms with Crippen LogP contribution >= 0.6 is 11.6 Å². The van der Waals surface area contributed by atoms with Gasteiger partial charge in [-0.3, -0.25) is 9.59 Å². The molecule has 0 atom stereocenters. The van der Waals surface area contributed by atoms with Crippen LogP contribution in [-0.4, -0.2) is 11.9 Å². The molecule has 22 heavy (non-hydrogen) atoms. The zero-order chi connectivity index (χ0) is 15.5. The minimum Gasteiger partial charge on any atom is -0.426 e. The Labute approximate surface area is 133 Å². The molecule has 0 bridgehead atoms. The fourth-order valence-corrected chi connectivity index (χ4v) is 2.49. The van der Waals surface area contributed by atoms with E-state index in [0.717, 1.165) is 16.8 Å². The molecule has 0 aliphatic carbocycles. The highest BCUT2D eigenvalue weighted by Crippen LogP contribution is 2.27. The second kappa shape index (κ2) is 6.20. The number of hydrogen-bond acceptors (Lipinski definition) is 3. The number of amides is 1. The quantitative estimate of drug-likeness (QED) is 0.698. The predicted molar refractivity (Wildman–Crippen MR) is 84.2 cm³/mol. The molecule has 0 fully saturated rings. The SMILES string of the molecule is O=C1CCc2cc(OC(=O)Cc3ccc(Cl)cc3)ccc2N1. The van der Waals surface area contributed by atoms with Gasteiger partial charge >= 0.3 is 5.97 Å². The lowest BCUT2D eigenvalue weighted by molar-refractivity contribution is -0.133. The monoisotopic (exact) mass is 315 g/mol. The van der Waals surface area contributed by atoms with Crippen molar-refractivity contribution in [3.63, 3.8) is 0 Å². The molecular formula is C17H14ClNO3. The van der Waals surface area contributed by atoms with Gasteiger partial charge in [0.1, 0.15) is 5.75 Å². The third kappa shape index (κ3) is 3.46. The first-order valence-electron chi connectivity index (χ1n) is 6.98. The molecule has 112 valence electrons. The van der Waals surface area contributed by atoms with E-state index in [1.165, 1.54) is 0 Å². The molecule has 0 saturated heterocycles. The Hall–Kier alpha value is -2.33. The Balaban J connectivity index is 1.66. The standard InChI is InChI=1S/C17H14ClNO3/c18-13-4-1-11(2-5-13)9-17(21)22-14-6-7-15-12(10-14)3-8-16(20)19-15/h1-2,4-7,10H,3,8-9H2,(H,19,20). The highest BCUT2D eigenvalue weighted by Gasteiger charge is 2.16. The highest BCUT2D eigenvalue weighted by atomic mass is 35.5. The average molecular weight is 316 g/mol. The largest absolute Gasteiger partial charge is 0.426 e. The van der Waals surface area contributed by atoms with Crippen molar-refractivity contribution in [2.45, 2.75) is 19.3 Å². The summed E-state index contributed by atoms with van der Waals surface area (Å²) in [5.41, 5.74) is 2.62. The molecule has 0 spiro atoms. The number of benzene rings is 2. The number of rotatable bonds is 3. The summed E-state index contributed by atoms with van der Waals surface area (Å²) in [5.74, 6) is 0.177. The molecule has 2 aromatic rings. The number of halogens is 1. The molecule has 1 aliphatic rings. The lowest BCUT2D eigenvalue weighted by atomic mass is 10.0. The van der Waals surface area contributed by atoms with Gasteiger partial charge in [-0.2, -0.15) is 0 Å². The molecule has 0 saturated carbocycles. The van der Waals surface area contributed by atoms with Crippen molar-refractivity contribution in [2.24, 2.45) is 0 Å². The number of esters is 1. The smallest absolute Gasteiger partial charge is 0.315 e. The lowest BCUT2D eigenvalue weighted by Gasteiger charge is -2.17. The van der Waals surface area contributed by atoms with Crippen molar-refractivity contribution in [3.05, 3.63) is 58.6 Å². The molecular weight excluding hydrogens is 302 g/mol. The normalized spacial score (nSPS) is 13.2. The van der Waals surface area contributed by atoms with Crippen molar-refractivity contribution >= 4 is 29.2 Å². The van der Waals surface area contributed by atoms with Crippen LogP contribution in [0.3, 0.4) is 0 Å². The van der Waals surface area contributed by atoms with Gasteiger partial charge in [-0.15, -0.1) is 0 Å². The first-order valence-corrected chi connectivity index (χ1v) is 7.36. The van der Waals surface area contributed by atoms with Gasteiger partial charge in [0.2, 0.25) is 5.91 Å². The summed E-state index contributed by atoms with van der Waals surface area (Å²) in [6.45, 7) is 0. The van der Waals surface area contributed by atoms with Crippen LogP contribution in [0.15, 0.2) is 42.5 Å². The van der Waals surface area contributed by atoms with E-state index in [1.54, 1.807) is 42.5 Å². The van der Waals surface area contributed by atoms with E-state index in [1.807, 2.05) is 0 Å². The van der Waals surface area contributed by atoms with Crippen LogP contribution in [0, 0.1) is 0 Å². The maximum absolute atomic E-state index is 12.0. The summed E-state index contributed by atoms with van der Waals surface area (Å²) in [6.07, 6.45) is 1.30. The molecule has 5 heteroatoms. The summed E-state index contributed by atoms with van der Waals surface area (Å²) in [6, 6.07) is 12.3. The first-order chi connectivity index (χ1) is 10.6. The van der Waals surface area contributed by atoms with Gasteiger partial charge in [-0.1, -0.05) is 23.7 Å². The van der Waals surface area contributed by atoms with E-state index in [2.05, 4.69) is 5.32 Å². The van der Waals surface area contributed by atoms with E-state index in [9.17, 15) is 9.59 Å². The summed E-state index contributed by atoms with van der Waals surface area (Å²) in [4.78, 5) is 23.3. The maximum Gasteiger partial charge on any atom is 0.315 e. The van der Waals surface area contributed by atoms with Crippen LogP contribution in [0.25, 0.3) is 0 Å². The van der Waals surface area contributed by atoms with Crippen LogP contribution in [0.2, 0.25) is 5.02 Å². The van der Waals surface area contributed by atoms with Crippen LogP contribution in [0.1, 0.15) is 17.5 Å². The van der Waals surface area contributed by atoms with Gasteiger partial charge in [0.05, 0.1) is 6.42 Å². The number of carbonyl (C=O) groups is 2. The topological polar surface area (TPSA) is 55.4 Å². The molecule has 1 amide bonds. The van der Waals surface area contributed by atoms with Gasteiger partial charge < -0.3 is 10.1 Å². The van der Waals surface area contributed by atoms with Crippen molar-refractivity contribution < 1.29 is 14.3 Å². The van der Waals surface area contributed by atoms with Crippen molar-refractivity contribution in [3.8, 4) is 5.75 Å². The molecule has 0 unspecified atom stereocenters. The Morgan fingerprint density at radius 2 is 1.91 bits per heavy atom. The minimum absolute atomic E-state index is 0.0139. The summed E-state index contributed by atoms with van der Waals surface area (Å²) in [5, 5.41) is 3.43. The molecule has 0 radical (unpaired) electrons. The average Bonchev–Trinajstić information content (AvgIpc) is 2.50. The van der Waals surface area contributed by atoms with Crippen LogP contribution in [0.5, 0.6) is 5.75 Å². The van der Waals surface area contributed by atoms with Crippen molar-refractivity contribution in [1.29, 1.82) is 0 Å². The Morgan fingerprint density at radius 1 is 1.14 bits per heavy atom. The molecule has 1 heterocycles. The molecule has 0 aromatic heterocycles. The summed E-state index contributed by atoms with van der Waals surface area (Å²) < 4.78 is 5.36. The van der Waals surface area contributed by atoms with Gasteiger partial charge in [0, 0.05) is 17.1 Å². The van der Waals surface area contributed by atoms with Crippen LogP contribution < -0.4 is 10.1 Å². The summed E-state index contributed by atoms with van der Waals surface area (Å²) >= 11 is 5.81. The second-order valence-electron chi connectivity index (χ2n) is 5.14. The van der Waals surface area contributed by atoms with Gasteiger partial charge in [0.25, 0.3) is 0 Å². The fraction of sp³-hybridized carbons (Fsp3) is 0.176. The van der Waals surface area contributed by atoms with E-state index in [0.29, 0.717) is 23.6 Å². The van der Waals surface area contributed by atoms with Gasteiger partial charge in [-0.05, 0) is 47.9 Å². The van der Waals surface area contributed by atoms with Crippen LogP contribution in [-0.2, 0) is 22.4 Å². The lowest BCUT2D eigenvalue weighted by Crippen LogP contribution is -2.19. The molecule has 3 rings (SSSR count). The Kier molecular flexibility index (Phi) is 4.11. The second-order valence-corrected chi connectivity index (χ2v) is 5.58. The third-order valence-corrected chi connectivity index (χ3v) is 3.72. The first kappa shape index (κ1) is 14.6. The minimum atomic E-state index is -0.331. The molecule has 4 nitrogen and oxygen atoms in total. The third-order valence-electron chi connectivity index (χ3n) is 3.47. The van der Waals surface area contributed by atoms with E-state index in [-0.39, 0.29) is 18.3 Å². The Morgan fingerprint density at radius 3 is 2.68 bits per heavy atom. The fourth-order valence-electron chi connectivity index (χ4n) is 2.36. The number of nitrogens with one attached hydrogen (secondary N) is 1. The highest BCUT2D eigenvalue weighted by molar-refractivity contribution is 6.30. The zero-order valence-electron chi connectivity index (χ0n) is 11.8. The van der Waals surface area contributed by atoms with Crippen LogP contribution in [0.4, 0.5) is 5.69 Å². The molecule has 1 aliphatic heterocycles.